The first-order valence-corrected chi connectivity index (χ1v) is 15.9. The SMILES string of the molecule is CCC(C)C(=O)O[C@H]1[C@@H](O[C@]2(CO)O[C@H](CO)[C@@H](O)[C@@H]2O)O[C@H](COC(=O)C(C)C)[C@@H](OC(=O)C(C)CC)[C@@H]1OC(=O)CC(C)C. The van der Waals surface area contributed by atoms with E-state index in [2.05, 4.69) is 0 Å². The number of aliphatic hydroxyl groups is 4. The summed E-state index contributed by atoms with van der Waals surface area (Å²) in [5.41, 5.74) is 0. The predicted octanol–water partition coefficient (Wildman–Crippen LogP) is 0.602. The van der Waals surface area contributed by atoms with E-state index in [-0.39, 0.29) is 12.3 Å². The summed E-state index contributed by atoms with van der Waals surface area (Å²) in [6, 6.07) is 0. The van der Waals surface area contributed by atoms with Crippen LogP contribution in [0.25, 0.3) is 0 Å². The average Bonchev–Trinajstić information content (AvgIpc) is 3.25. The van der Waals surface area contributed by atoms with E-state index in [0.29, 0.717) is 12.8 Å². The number of carbonyl (C=O) groups is 4. The molecule has 2 aliphatic heterocycles. The van der Waals surface area contributed by atoms with Gasteiger partial charge in [-0.3, -0.25) is 19.2 Å². The fraction of sp³-hybridized carbons (Fsp3) is 0.871. The monoisotopic (exact) mass is 664 g/mol. The lowest BCUT2D eigenvalue weighted by molar-refractivity contribution is -0.384. The van der Waals surface area contributed by atoms with Crippen molar-refractivity contribution in [3.05, 3.63) is 0 Å². The summed E-state index contributed by atoms with van der Waals surface area (Å²) < 4.78 is 40.5. The van der Waals surface area contributed by atoms with Crippen molar-refractivity contribution in [1.29, 1.82) is 0 Å². The van der Waals surface area contributed by atoms with Gasteiger partial charge in [0.2, 0.25) is 12.1 Å². The first-order valence-electron chi connectivity index (χ1n) is 15.9. The van der Waals surface area contributed by atoms with Crippen molar-refractivity contribution < 1.29 is 72.8 Å². The summed E-state index contributed by atoms with van der Waals surface area (Å²) >= 11 is 0. The van der Waals surface area contributed by atoms with E-state index < -0.39 is 116 Å². The van der Waals surface area contributed by atoms with Crippen LogP contribution in [0.15, 0.2) is 0 Å². The van der Waals surface area contributed by atoms with Gasteiger partial charge in [-0.05, 0) is 18.8 Å². The van der Waals surface area contributed by atoms with Crippen molar-refractivity contribution in [2.75, 3.05) is 19.8 Å². The molecule has 46 heavy (non-hydrogen) atoms. The molecule has 2 fully saturated rings. The Morgan fingerprint density at radius 3 is 1.80 bits per heavy atom. The quantitative estimate of drug-likeness (QED) is 0.131. The van der Waals surface area contributed by atoms with Crippen LogP contribution in [-0.2, 0) is 52.3 Å². The molecular weight excluding hydrogens is 612 g/mol. The Labute approximate surface area is 269 Å². The lowest BCUT2D eigenvalue weighted by Crippen LogP contribution is -2.65. The number of hydrogen-bond donors (Lipinski definition) is 4. The number of rotatable bonds is 16. The van der Waals surface area contributed by atoms with Crippen molar-refractivity contribution in [3.63, 3.8) is 0 Å². The molecule has 0 radical (unpaired) electrons. The molecule has 2 rings (SSSR count). The zero-order valence-electron chi connectivity index (χ0n) is 28.0. The number of aliphatic hydroxyl groups excluding tert-OH is 4. The van der Waals surface area contributed by atoms with E-state index >= 15 is 0 Å². The molecule has 2 unspecified atom stereocenters. The number of hydrogen-bond acceptors (Lipinski definition) is 15. The minimum Gasteiger partial charge on any atom is -0.463 e. The van der Waals surface area contributed by atoms with Crippen molar-refractivity contribution >= 4 is 23.9 Å². The molecule has 0 aliphatic carbocycles. The summed E-state index contributed by atoms with van der Waals surface area (Å²) in [7, 11) is 0. The Bertz CT molecular complexity index is 1020. The predicted molar refractivity (Wildman–Crippen MR) is 157 cm³/mol. The maximum Gasteiger partial charge on any atom is 0.309 e. The Morgan fingerprint density at radius 1 is 0.783 bits per heavy atom. The standard InChI is InChI=1S/C31H52O15/c1-9-17(7)28(38)43-23-20(13-40-27(37)16(5)6)41-30(46-31(14-33)26(36)22(35)19(12-32)45-31)25(44-29(39)18(8)10-2)24(23)42-21(34)11-15(3)4/h15-20,22-26,30,32-33,35-36H,9-14H2,1-8H3/t17?,18?,19-,20-,22-,23-,24+,25-,26+,30-,31+/m1/s1. The fourth-order valence-corrected chi connectivity index (χ4v) is 4.67. The number of carbonyl (C=O) groups excluding carboxylic acids is 4. The molecule has 2 heterocycles. The molecule has 266 valence electrons. The second kappa shape index (κ2) is 17.7. The third kappa shape index (κ3) is 9.81. The normalized spacial score (nSPS) is 32.6. The Balaban J connectivity index is 2.71. The van der Waals surface area contributed by atoms with Gasteiger partial charge in [0.1, 0.15) is 37.6 Å². The van der Waals surface area contributed by atoms with Crippen molar-refractivity contribution in [2.45, 2.75) is 129 Å². The van der Waals surface area contributed by atoms with Crippen LogP contribution in [0.4, 0.5) is 0 Å². The minimum atomic E-state index is -2.41. The summed E-state index contributed by atoms with van der Waals surface area (Å²) in [6.07, 6.45) is -12.3. The van der Waals surface area contributed by atoms with E-state index in [4.69, 9.17) is 33.2 Å². The summed E-state index contributed by atoms with van der Waals surface area (Å²) in [5.74, 6) is -7.17. The van der Waals surface area contributed by atoms with E-state index in [1.54, 1.807) is 55.4 Å². The van der Waals surface area contributed by atoms with Gasteiger partial charge in [0.25, 0.3) is 0 Å². The number of ether oxygens (including phenoxy) is 7. The molecule has 15 heteroatoms. The molecule has 15 nitrogen and oxygen atoms in total. The van der Waals surface area contributed by atoms with E-state index in [0.717, 1.165) is 0 Å². The molecule has 0 aromatic heterocycles. The summed E-state index contributed by atoms with van der Waals surface area (Å²) in [6.45, 7) is 11.1. The highest BCUT2D eigenvalue weighted by molar-refractivity contribution is 5.74. The van der Waals surface area contributed by atoms with Gasteiger partial charge < -0.3 is 53.6 Å². The Kier molecular flexibility index (Phi) is 15.3. The second-order valence-electron chi connectivity index (χ2n) is 12.7. The topological polar surface area (TPSA) is 214 Å². The second-order valence-corrected chi connectivity index (χ2v) is 12.7. The summed E-state index contributed by atoms with van der Waals surface area (Å²) in [4.78, 5) is 51.9. The molecule has 0 spiro atoms. The number of esters is 4. The maximum atomic E-state index is 13.2. The lowest BCUT2D eigenvalue weighted by Gasteiger charge is -2.46. The van der Waals surface area contributed by atoms with Crippen molar-refractivity contribution in [1.82, 2.24) is 0 Å². The molecule has 0 aromatic rings. The summed E-state index contributed by atoms with van der Waals surface area (Å²) in [5, 5.41) is 41.3. The van der Waals surface area contributed by atoms with Crippen LogP contribution >= 0.6 is 0 Å². The van der Waals surface area contributed by atoms with Gasteiger partial charge in [0.05, 0.1) is 24.4 Å². The molecular formula is C31H52O15. The van der Waals surface area contributed by atoms with Crippen LogP contribution in [-0.4, -0.2) is 119 Å². The fourth-order valence-electron chi connectivity index (χ4n) is 4.67. The highest BCUT2D eigenvalue weighted by atomic mass is 16.8. The molecule has 0 aromatic carbocycles. The van der Waals surface area contributed by atoms with E-state index in [9.17, 15) is 39.6 Å². The van der Waals surface area contributed by atoms with Crippen molar-refractivity contribution in [3.8, 4) is 0 Å². The molecule has 2 aliphatic rings. The van der Waals surface area contributed by atoms with Crippen LogP contribution in [0.2, 0.25) is 0 Å². The molecule has 4 N–H and O–H groups in total. The molecule has 2 saturated heterocycles. The van der Waals surface area contributed by atoms with Gasteiger partial charge in [0.15, 0.2) is 18.3 Å². The van der Waals surface area contributed by atoms with Crippen LogP contribution in [0.1, 0.15) is 74.7 Å². The van der Waals surface area contributed by atoms with Gasteiger partial charge in [0, 0.05) is 6.42 Å². The van der Waals surface area contributed by atoms with Gasteiger partial charge >= 0.3 is 23.9 Å². The van der Waals surface area contributed by atoms with Crippen LogP contribution < -0.4 is 0 Å². The molecule has 0 amide bonds. The third-order valence-corrected chi connectivity index (χ3v) is 8.05. The van der Waals surface area contributed by atoms with Gasteiger partial charge in [-0.1, -0.05) is 55.4 Å². The molecule has 0 saturated carbocycles. The smallest absolute Gasteiger partial charge is 0.309 e. The first kappa shape index (κ1) is 39.8. The van der Waals surface area contributed by atoms with Gasteiger partial charge in [-0.15, -0.1) is 0 Å². The van der Waals surface area contributed by atoms with E-state index in [1.165, 1.54) is 0 Å². The van der Waals surface area contributed by atoms with Gasteiger partial charge in [-0.2, -0.15) is 0 Å². The zero-order chi connectivity index (χ0) is 34.9. The zero-order valence-corrected chi connectivity index (χ0v) is 28.0. The highest BCUT2D eigenvalue weighted by Gasteiger charge is 2.61. The highest BCUT2D eigenvalue weighted by Crippen LogP contribution is 2.38. The molecule has 0 bridgehead atoms. The van der Waals surface area contributed by atoms with Crippen LogP contribution in [0, 0.1) is 23.7 Å². The maximum absolute atomic E-state index is 13.2. The van der Waals surface area contributed by atoms with Crippen LogP contribution in [0.5, 0.6) is 0 Å². The van der Waals surface area contributed by atoms with Crippen molar-refractivity contribution in [2.24, 2.45) is 23.7 Å². The Morgan fingerprint density at radius 2 is 1.35 bits per heavy atom. The first-order chi connectivity index (χ1) is 21.5. The van der Waals surface area contributed by atoms with E-state index in [1.807, 2.05) is 0 Å². The molecule has 11 atom stereocenters. The lowest BCUT2D eigenvalue weighted by atomic mass is 9.96. The third-order valence-electron chi connectivity index (χ3n) is 8.05. The van der Waals surface area contributed by atoms with Gasteiger partial charge in [-0.25, -0.2) is 0 Å². The average molecular weight is 665 g/mol. The largest absolute Gasteiger partial charge is 0.463 e. The minimum absolute atomic E-state index is 0.0687. The van der Waals surface area contributed by atoms with Crippen LogP contribution in [0.3, 0.4) is 0 Å². The Hall–Kier alpha value is -2.40.